The smallest absolute Gasteiger partial charge is 0.262 e. The van der Waals surface area contributed by atoms with Crippen molar-refractivity contribution in [3.05, 3.63) is 64.4 Å². The first-order chi connectivity index (χ1) is 11.2. The van der Waals surface area contributed by atoms with Crippen molar-refractivity contribution in [2.45, 2.75) is 24.4 Å². The fourth-order valence-electron chi connectivity index (χ4n) is 2.50. The second kappa shape index (κ2) is 6.87. The fraction of sp³-hybridized carbons (Fsp3) is 0.222. The van der Waals surface area contributed by atoms with Gasteiger partial charge in [0.15, 0.2) is 5.16 Å². The lowest BCUT2D eigenvalue weighted by molar-refractivity contribution is 0.411. The summed E-state index contributed by atoms with van der Waals surface area (Å²) in [5.41, 5.74) is 1.84. The van der Waals surface area contributed by atoms with Gasteiger partial charge in [0.1, 0.15) is 5.75 Å². The van der Waals surface area contributed by atoms with Crippen molar-refractivity contribution in [2.75, 3.05) is 7.11 Å². The van der Waals surface area contributed by atoms with E-state index in [1.54, 1.807) is 23.4 Å². The summed E-state index contributed by atoms with van der Waals surface area (Å²) in [6.45, 7) is 2.57. The van der Waals surface area contributed by atoms with Crippen molar-refractivity contribution in [1.29, 1.82) is 0 Å². The lowest BCUT2D eigenvalue weighted by Gasteiger charge is -2.12. The van der Waals surface area contributed by atoms with Gasteiger partial charge in [0.25, 0.3) is 5.56 Å². The standard InChI is InChI=1S/C18H18N2O2S/c1-3-20-17(21)14-9-5-6-10-15(14)19-18(20)23-12-13-8-4-7-11-16(13)22-2/h4-11H,3,12H2,1-2H3. The molecular weight excluding hydrogens is 308 g/mol. The fourth-order valence-corrected chi connectivity index (χ4v) is 3.56. The number of hydrogen-bond acceptors (Lipinski definition) is 4. The quantitative estimate of drug-likeness (QED) is 0.529. The highest BCUT2D eigenvalue weighted by Crippen LogP contribution is 2.27. The molecule has 0 amide bonds. The number of nitrogens with zero attached hydrogens (tertiary/aromatic N) is 2. The molecule has 5 heteroatoms. The summed E-state index contributed by atoms with van der Waals surface area (Å²) in [5.74, 6) is 1.56. The Bertz CT molecular complexity index is 890. The van der Waals surface area contributed by atoms with Crippen molar-refractivity contribution >= 4 is 22.7 Å². The van der Waals surface area contributed by atoms with Crippen LogP contribution in [0.2, 0.25) is 0 Å². The van der Waals surface area contributed by atoms with Crippen LogP contribution in [-0.2, 0) is 12.3 Å². The highest BCUT2D eigenvalue weighted by molar-refractivity contribution is 7.98. The van der Waals surface area contributed by atoms with Crippen molar-refractivity contribution in [3.8, 4) is 5.75 Å². The predicted molar refractivity (Wildman–Crippen MR) is 94.2 cm³/mol. The van der Waals surface area contributed by atoms with Crippen LogP contribution in [0.5, 0.6) is 5.75 Å². The van der Waals surface area contributed by atoms with E-state index in [0.29, 0.717) is 17.7 Å². The summed E-state index contributed by atoms with van der Waals surface area (Å²) in [7, 11) is 1.67. The molecule has 0 aliphatic carbocycles. The third-order valence-corrected chi connectivity index (χ3v) is 4.72. The minimum Gasteiger partial charge on any atom is -0.496 e. The van der Waals surface area contributed by atoms with Crippen molar-refractivity contribution in [1.82, 2.24) is 9.55 Å². The van der Waals surface area contributed by atoms with E-state index in [1.165, 1.54) is 0 Å². The van der Waals surface area contributed by atoms with Gasteiger partial charge in [-0.15, -0.1) is 0 Å². The van der Waals surface area contributed by atoms with Crippen molar-refractivity contribution in [2.24, 2.45) is 0 Å². The molecule has 1 heterocycles. The van der Waals surface area contributed by atoms with Gasteiger partial charge in [-0.3, -0.25) is 9.36 Å². The molecule has 23 heavy (non-hydrogen) atoms. The molecule has 0 fully saturated rings. The molecule has 0 unspecified atom stereocenters. The minimum atomic E-state index is 0.0145. The number of hydrogen-bond donors (Lipinski definition) is 0. The van der Waals surface area contributed by atoms with E-state index in [2.05, 4.69) is 4.98 Å². The first kappa shape index (κ1) is 15.6. The second-order valence-corrected chi connectivity index (χ2v) is 6.00. The summed E-state index contributed by atoms with van der Waals surface area (Å²) in [4.78, 5) is 17.3. The van der Waals surface area contributed by atoms with Crippen LogP contribution in [0.15, 0.2) is 58.5 Å². The number of ether oxygens (including phenoxy) is 1. The molecule has 0 radical (unpaired) electrons. The Morgan fingerprint density at radius 2 is 1.87 bits per heavy atom. The Hall–Kier alpha value is -2.27. The maximum absolute atomic E-state index is 12.6. The van der Waals surface area contributed by atoms with E-state index >= 15 is 0 Å². The van der Waals surface area contributed by atoms with Gasteiger partial charge >= 0.3 is 0 Å². The summed E-state index contributed by atoms with van der Waals surface area (Å²) < 4.78 is 7.11. The highest BCUT2D eigenvalue weighted by atomic mass is 32.2. The Kier molecular flexibility index (Phi) is 4.67. The van der Waals surface area contributed by atoms with Gasteiger partial charge in [0, 0.05) is 17.9 Å². The van der Waals surface area contributed by atoms with Crippen LogP contribution in [0.4, 0.5) is 0 Å². The molecule has 2 aromatic carbocycles. The SMILES string of the molecule is CCn1c(SCc2ccccc2OC)nc2ccccc2c1=O. The number of fused-ring (bicyclic) bond motifs is 1. The van der Waals surface area contributed by atoms with Crippen molar-refractivity contribution < 1.29 is 4.74 Å². The van der Waals surface area contributed by atoms with Gasteiger partial charge in [-0.25, -0.2) is 4.98 Å². The Labute approximate surface area is 139 Å². The topological polar surface area (TPSA) is 44.1 Å². The minimum absolute atomic E-state index is 0.0145. The zero-order chi connectivity index (χ0) is 16.2. The predicted octanol–water partition coefficient (Wildman–Crippen LogP) is 3.72. The maximum atomic E-state index is 12.6. The van der Waals surface area contributed by atoms with Crippen LogP contribution in [0.3, 0.4) is 0 Å². The van der Waals surface area contributed by atoms with Gasteiger partial charge in [-0.2, -0.15) is 0 Å². The molecule has 0 N–H and O–H groups in total. The Balaban J connectivity index is 1.98. The first-order valence-electron chi connectivity index (χ1n) is 7.49. The Morgan fingerprint density at radius 1 is 1.13 bits per heavy atom. The molecule has 0 aliphatic heterocycles. The average molecular weight is 326 g/mol. The molecular formula is C18H18N2O2S. The Morgan fingerprint density at radius 3 is 2.65 bits per heavy atom. The highest BCUT2D eigenvalue weighted by Gasteiger charge is 2.11. The van der Waals surface area contributed by atoms with E-state index in [0.717, 1.165) is 22.0 Å². The molecule has 0 aliphatic rings. The largest absolute Gasteiger partial charge is 0.496 e. The number of para-hydroxylation sites is 2. The molecule has 0 saturated heterocycles. The summed E-state index contributed by atoms with van der Waals surface area (Å²) >= 11 is 1.56. The summed E-state index contributed by atoms with van der Waals surface area (Å²) in [5, 5.41) is 1.40. The third-order valence-electron chi connectivity index (χ3n) is 3.69. The van der Waals surface area contributed by atoms with E-state index in [1.807, 2.05) is 55.5 Å². The van der Waals surface area contributed by atoms with Gasteiger partial charge in [-0.1, -0.05) is 42.1 Å². The number of rotatable bonds is 5. The number of benzene rings is 2. The molecule has 4 nitrogen and oxygen atoms in total. The summed E-state index contributed by atoms with van der Waals surface area (Å²) in [6, 6.07) is 15.4. The molecule has 0 saturated carbocycles. The second-order valence-electron chi connectivity index (χ2n) is 5.06. The molecule has 3 aromatic rings. The van der Waals surface area contributed by atoms with Gasteiger partial charge in [0.05, 0.1) is 18.0 Å². The van der Waals surface area contributed by atoms with Crippen LogP contribution in [0.25, 0.3) is 10.9 Å². The normalized spacial score (nSPS) is 10.9. The maximum Gasteiger partial charge on any atom is 0.262 e. The number of methoxy groups -OCH3 is 1. The lowest BCUT2D eigenvalue weighted by Crippen LogP contribution is -2.22. The van der Waals surface area contributed by atoms with Crippen LogP contribution in [-0.4, -0.2) is 16.7 Å². The first-order valence-corrected chi connectivity index (χ1v) is 8.47. The van der Waals surface area contributed by atoms with Crippen LogP contribution in [0, 0.1) is 0 Å². The lowest BCUT2D eigenvalue weighted by atomic mass is 10.2. The van der Waals surface area contributed by atoms with Crippen LogP contribution >= 0.6 is 11.8 Å². The van der Waals surface area contributed by atoms with Gasteiger partial charge in [-0.05, 0) is 25.1 Å². The van der Waals surface area contributed by atoms with Gasteiger partial charge < -0.3 is 4.74 Å². The van der Waals surface area contributed by atoms with E-state index in [4.69, 9.17) is 4.74 Å². The van der Waals surface area contributed by atoms with E-state index in [9.17, 15) is 4.79 Å². The molecule has 118 valence electrons. The molecule has 1 aromatic heterocycles. The van der Waals surface area contributed by atoms with Crippen molar-refractivity contribution in [3.63, 3.8) is 0 Å². The molecule has 3 rings (SSSR count). The zero-order valence-electron chi connectivity index (χ0n) is 13.2. The molecule has 0 bridgehead atoms. The monoisotopic (exact) mass is 326 g/mol. The van der Waals surface area contributed by atoms with Gasteiger partial charge in [0.2, 0.25) is 0 Å². The number of thioether (sulfide) groups is 1. The zero-order valence-corrected chi connectivity index (χ0v) is 14.0. The van der Waals surface area contributed by atoms with E-state index < -0.39 is 0 Å². The van der Waals surface area contributed by atoms with Crippen LogP contribution < -0.4 is 10.3 Å². The molecule has 0 atom stereocenters. The third kappa shape index (κ3) is 3.10. The molecule has 0 spiro atoms. The van der Waals surface area contributed by atoms with Crippen LogP contribution in [0.1, 0.15) is 12.5 Å². The van der Waals surface area contributed by atoms with E-state index in [-0.39, 0.29) is 5.56 Å². The average Bonchev–Trinajstić information content (AvgIpc) is 2.60. The summed E-state index contributed by atoms with van der Waals surface area (Å²) in [6.07, 6.45) is 0. The number of aromatic nitrogens is 2.